The molecule has 7 nitrogen and oxygen atoms in total. The van der Waals surface area contributed by atoms with E-state index in [1.54, 1.807) is 0 Å². The van der Waals surface area contributed by atoms with E-state index < -0.39 is 37.5 Å². The molecule has 116 valence electrons. The average Bonchev–Trinajstić information content (AvgIpc) is 2.63. The SMILES string of the molecule is NC1CCCCCN1S(=O)(=O)c1ccc(F)cc1[N+](=O)[O-]. The highest BCUT2D eigenvalue weighted by molar-refractivity contribution is 7.89. The van der Waals surface area contributed by atoms with Crippen LogP contribution in [-0.4, -0.2) is 30.4 Å². The standard InChI is InChI=1S/C12H16FN3O4S/c13-9-5-6-11(10(8-9)16(17)18)21(19,20)15-7-3-1-2-4-12(15)14/h5-6,8,12H,1-4,7,14H2. The first-order chi connectivity index (χ1) is 9.84. The third-order valence-corrected chi connectivity index (χ3v) is 5.42. The summed E-state index contributed by atoms with van der Waals surface area (Å²) in [5.74, 6) is -0.860. The Morgan fingerprint density at radius 2 is 2.05 bits per heavy atom. The zero-order valence-corrected chi connectivity index (χ0v) is 12.1. The second kappa shape index (κ2) is 6.04. The maximum Gasteiger partial charge on any atom is 0.292 e. The lowest BCUT2D eigenvalue weighted by atomic mass is 10.2. The van der Waals surface area contributed by atoms with Crippen LogP contribution in [0.5, 0.6) is 0 Å². The van der Waals surface area contributed by atoms with Gasteiger partial charge in [-0.3, -0.25) is 10.1 Å². The molecule has 1 saturated heterocycles. The van der Waals surface area contributed by atoms with E-state index in [9.17, 15) is 22.9 Å². The number of halogens is 1. The van der Waals surface area contributed by atoms with E-state index in [1.807, 2.05) is 0 Å². The number of benzene rings is 1. The summed E-state index contributed by atoms with van der Waals surface area (Å²) < 4.78 is 39.4. The molecule has 1 aromatic rings. The monoisotopic (exact) mass is 317 g/mol. The molecule has 0 spiro atoms. The van der Waals surface area contributed by atoms with Crippen LogP contribution in [-0.2, 0) is 10.0 Å². The highest BCUT2D eigenvalue weighted by Gasteiger charge is 2.35. The summed E-state index contributed by atoms with van der Waals surface area (Å²) in [6.07, 6.45) is 2.07. The van der Waals surface area contributed by atoms with Crippen LogP contribution in [0.2, 0.25) is 0 Å². The number of nitrogens with zero attached hydrogens (tertiary/aromatic N) is 2. The first-order valence-corrected chi connectivity index (χ1v) is 7.99. The molecule has 0 aliphatic carbocycles. The van der Waals surface area contributed by atoms with Gasteiger partial charge < -0.3 is 5.73 Å². The molecule has 1 unspecified atom stereocenters. The van der Waals surface area contributed by atoms with E-state index in [1.165, 1.54) is 0 Å². The summed E-state index contributed by atoms with van der Waals surface area (Å²) in [4.78, 5) is 9.55. The molecule has 2 N–H and O–H groups in total. The van der Waals surface area contributed by atoms with E-state index in [0.717, 1.165) is 29.3 Å². The Labute approximate surface area is 121 Å². The lowest BCUT2D eigenvalue weighted by Crippen LogP contribution is -2.45. The van der Waals surface area contributed by atoms with Gasteiger partial charge in [0, 0.05) is 6.54 Å². The second-order valence-corrected chi connectivity index (χ2v) is 6.76. The lowest BCUT2D eigenvalue weighted by molar-refractivity contribution is -0.388. The van der Waals surface area contributed by atoms with Crippen molar-refractivity contribution in [1.29, 1.82) is 0 Å². The molecule has 1 heterocycles. The van der Waals surface area contributed by atoms with Crippen LogP contribution in [0.1, 0.15) is 25.7 Å². The zero-order chi connectivity index (χ0) is 15.6. The summed E-state index contributed by atoms with van der Waals surface area (Å²) in [5, 5.41) is 11.0. The average molecular weight is 317 g/mol. The molecule has 1 aliphatic heterocycles. The minimum Gasteiger partial charge on any atom is -0.315 e. The van der Waals surface area contributed by atoms with Gasteiger partial charge in [-0.05, 0) is 25.0 Å². The van der Waals surface area contributed by atoms with Crippen molar-refractivity contribution >= 4 is 15.7 Å². The summed E-state index contributed by atoms with van der Waals surface area (Å²) in [6.45, 7) is 0.206. The molecular formula is C12H16FN3O4S. The Morgan fingerprint density at radius 3 is 2.71 bits per heavy atom. The molecular weight excluding hydrogens is 301 g/mol. The quantitative estimate of drug-likeness (QED) is 0.673. The zero-order valence-electron chi connectivity index (χ0n) is 11.2. The van der Waals surface area contributed by atoms with Crippen molar-refractivity contribution in [2.45, 2.75) is 36.7 Å². The maximum atomic E-state index is 13.1. The molecule has 1 aromatic carbocycles. The molecule has 0 radical (unpaired) electrons. The van der Waals surface area contributed by atoms with E-state index in [4.69, 9.17) is 5.73 Å². The Morgan fingerprint density at radius 1 is 1.33 bits per heavy atom. The van der Waals surface area contributed by atoms with Gasteiger partial charge in [-0.2, -0.15) is 4.31 Å². The van der Waals surface area contributed by atoms with Gasteiger partial charge in [-0.15, -0.1) is 0 Å². The van der Waals surface area contributed by atoms with Crippen molar-refractivity contribution in [3.63, 3.8) is 0 Å². The number of nitro groups is 1. The highest BCUT2D eigenvalue weighted by atomic mass is 32.2. The Bertz CT molecular complexity index is 650. The number of hydrogen-bond acceptors (Lipinski definition) is 5. The van der Waals surface area contributed by atoms with Crippen LogP contribution < -0.4 is 5.73 Å². The Hall–Kier alpha value is -1.58. The summed E-state index contributed by atoms with van der Waals surface area (Å²) in [7, 11) is -4.13. The minimum absolute atomic E-state index is 0.206. The fraction of sp³-hybridized carbons (Fsp3) is 0.500. The number of hydrogen-bond donors (Lipinski definition) is 1. The van der Waals surface area contributed by atoms with Crippen molar-refractivity contribution in [1.82, 2.24) is 4.31 Å². The number of nitrogens with two attached hydrogens (primary N) is 1. The first-order valence-electron chi connectivity index (χ1n) is 6.55. The third kappa shape index (κ3) is 3.20. The fourth-order valence-corrected chi connectivity index (χ4v) is 4.11. The Kier molecular flexibility index (Phi) is 4.55. The van der Waals surface area contributed by atoms with Crippen LogP contribution in [0.4, 0.5) is 10.1 Å². The van der Waals surface area contributed by atoms with Crippen molar-refractivity contribution in [2.75, 3.05) is 6.54 Å². The van der Waals surface area contributed by atoms with Crippen LogP contribution in [0, 0.1) is 15.9 Å². The Balaban J connectivity index is 2.50. The fourth-order valence-electron chi connectivity index (χ4n) is 2.38. The smallest absolute Gasteiger partial charge is 0.292 e. The normalized spacial score (nSPS) is 21.0. The number of sulfonamides is 1. The third-order valence-electron chi connectivity index (χ3n) is 3.45. The molecule has 0 amide bonds. The lowest BCUT2D eigenvalue weighted by Gasteiger charge is -2.25. The van der Waals surface area contributed by atoms with E-state index in [-0.39, 0.29) is 6.54 Å². The molecule has 21 heavy (non-hydrogen) atoms. The number of rotatable bonds is 3. The molecule has 1 atom stereocenters. The molecule has 1 aliphatic rings. The van der Waals surface area contributed by atoms with Crippen LogP contribution in [0.15, 0.2) is 23.1 Å². The van der Waals surface area contributed by atoms with Gasteiger partial charge in [0.05, 0.1) is 17.2 Å². The van der Waals surface area contributed by atoms with Gasteiger partial charge in [0.25, 0.3) is 15.7 Å². The predicted octanol–water partition coefficient (Wildman–Crippen LogP) is 1.58. The summed E-state index contributed by atoms with van der Waals surface area (Å²) in [6, 6.07) is 2.42. The predicted molar refractivity (Wildman–Crippen MR) is 73.4 cm³/mol. The van der Waals surface area contributed by atoms with Gasteiger partial charge in [0.2, 0.25) is 0 Å². The molecule has 0 bridgehead atoms. The van der Waals surface area contributed by atoms with Gasteiger partial charge in [0.1, 0.15) is 5.82 Å². The van der Waals surface area contributed by atoms with E-state index in [0.29, 0.717) is 18.9 Å². The summed E-state index contributed by atoms with van der Waals surface area (Å²) >= 11 is 0. The molecule has 1 fully saturated rings. The van der Waals surface area contributed by atoms with Crippen LogP contribution >= 0.6 is 0 Å². The van der Waals surface area contributed by atoms with Crippen LogP contribution in [0.25, 0.3) is 0 Å². The topological polar surface area (TPSA) is 107 Å². The van der Waals surface area contributed by atoms with E-state index >= 15 is 0 Å². The van der Waals surface area contributed by atoms with Crippen LogP contribution in [0.3, 0.4) is 0 Å². The first kappa shape index (κ1) is 15.8. The number of nitro benzene ring substituents is 1. The minimum atomic E-state index is -4.13. The largest absolute Gasteiger partial charge is 0.315 e. The van der Waals surface area contributed by atoms with Crippen molar-refractivity contribution in [2.24, 2.45) is 5.73 Å². The molecule has 9 heteroatoms. The molecule has 0 aromatic heterocycles. The molecule has 0 saturated carbocycles. The van der Waals surface area contributed by atoms with E-state index in [2.05, 4.69) is 0 Å². The second-order valence-electron chi connectivity index (χ2n) is 4.90. The van der Waals surface area contributed by atoms with Crippen molar-refractivity contribution in [3.8, 4) is 0 Å². The van der Waals surface area contributed by atoms with Gasteiger partial charge in [0.15, 0.2) is 4.90 Å². The summed E-state index contributed by atoms with van der Waals surface area (Å²) in [5.41, 5.74) is 5.09. The molecule has 2 rings (SSSR count). The van der Waals surface area contributed by atoms with Crippen molar-refractivity contribution in [3.05, 3.63) is 34.1 Å². The van der Waals surface area contributed by atoms with Gasteiger partial charge in [-0.1, -0.05) is 12.8 Å². The maximum absolute atomic E-state index is 13.1. The highest BCUT2D eigenvalue weighted by Crippen LogP contribution is 2.29. The van der Waals surface area contributed by atoms with Gasteiger partial charge in [-0.25, -0.2) is 12.8 Å². The van der Waals surface area contributed by atoms with Gasteiger partial charge >= 0.3 is 0 Å². The van der Waals surface area contributed by atoms with Crippen molar-refractivity contribution < 1.29 is 17.7 Å².